The quantitative estimate of drug-likeness (QED) is 0.715. The standard InChI is InChI=1S/C12H17ClN2/c1-2-15(8-10-6-7-10)9-11-4-3-5-12(13)14-11/h3-5,10H,2,6-9H2,1H3. The second kappa shape index (κ2) is 4.95. The van der Waals surface area contributed by atoms with Crippen molar-refractivity contribution in [2.45, 2.75) is 26.3 Å². The van der Waals surface area contributed by atoms with Gasteiger partial charge in [-0.05, 0) is 37.4 Å². The zero-order chi connectivity index (χ0) is 10.7. The molecule has 82 valence electrons. The van der Waals surface area contributed by atoms with Crippen LogP contribution in [0.5, 0.6) is 0 Å². The van der Waals surface area contributed by atoms with Crippen molar-refractivity contribution in [2.75, 3.05) is 13.1 Å². The molecule has 1 aromatic heterocycles. The van der Waals surface area contributed by atoms with Gasteiger partial charge in [0.25, 0.3) is 0 Å². The first-order chi connectivity index (χ1) is 7.28. The molecule has 0 spiro atoms. The van der Waals surface area contributed by atoms with Crippen LogP contribution < -0.4 is 0 Å². The Balaban J connectivity index is 1.92. The molecule has 0 unspecified atom stereocenters. The van der Waals surface area contributed by atoms with E-state index in [9.17, 15) is 0 Å². The molecule has 0 aromatic carbocycles. The molecule has 0 radical (unpaired) electrons. The first-order valence-corrected chi connectivity index (χ1v) is 5.99. The summed E-state index contributed by atoms with van der Waals surface area (Å²) in [5.74, 6) is 0.934. The van der Waals surface area contributed by atoms with E-state index in [0.717, 1.165) is 24.7 Å². The average Bonchev–Trinajstić information content (AvgIpc) is 3.01. The number of hydrogen-bond acceptors (Lipinski definition) is 2. The summed E-state index contributed by atoms with van der Waals surface area (Å²) in [7, 11) is 0. The molecular formula is C12H17ClN2. The molecule has 0 bridgehead atoms. The molecule has 2 rings (SSSR count). The van der Waals surface area contributed by atoms with Gasteiger partial charge < -0.3 is 0 Å². The molecule has 1 saturated carbocycles. The van der Waals surface area contributed by atoms with Gasteiger partial charge >= 0.3 is 0 Å². The van der Waals surface area contributed by atoms with Crippen LogP contribution in [-0.4, -0.2) is 23.0 Å². The normalized spacial score (nSPS) is 15.9. The predicted octanol–water partition coefficient (Wildman–Crippen LogP) is 2.97. The lowest BCUT2D eigenvalue weighted by Gasteiger charge is -2.19. The Morgan fingerprint density at radius 3 is 2.87 bits per heavy atom. The van der Waals surface area contributed by atoms with Gasteiger partial charge in [-0.2, -0.15) is 0 Å². The lowest BCUT2D eigenvalue weighted by Crippen LogP contribution is -2.25. The molecule has 3 heteroatoms. The second-order valence-electron chi connectivity index (χ2n) is 4.22. The average molecular weight is 225 g/mol. The highest BCUT2D eigenvalue weighted by molar-refractivity contribution is 6.29. The zero-order valence-corrected chi connectivity index (χ0v) is 9.87. The first-order valence-electron chi connectivity index (χ1n) is 5.61. The van der Waals surface area contributed by atoms with Crippen LogP contribution in [0.1, 0.15) is 25.5 Å². The van der Waals surface area contributed by atoms with Crippen molar-refractivity contribution in [2.24, 2.45) is 5.92 Å². The minimum Gasteiger partial charge on any atom is -0.298 e. The molecule has 0 N–H and O–H groups in total. The fraction of sp³-hybridized carbons (Fsp3) is 0.583. The van der Waals surface area contributed by atoms with Gasteiger partial charge in [-0.1, -0.05) is 24.6 Å². The van der Waals surface area contributed by atoms with E-state index < -0.39 is 0 Å². The minimum atomic E-state index is 0.593. The van der Waals surface area contributed by atoms with Crippen LogP contribution in [0.15, 0.2) is 18.2 Å². The number of rotatable bonds is 5. The third-order valence-electron chi connectivity index (χ3n) is 2.82. The van der Waals surface area contributed by atoms with Crippen LogP contribution in [0.4, 0.5) is 0 Å². The third kappa shape index (κ3) is 3.47. The maximum absolute atomic E-state index is 5.86. The third-order valence-corrected chi connectivity index (χ3v) is 3.03. The van der Waals surface area contributed by atoms with Crippen molar-refractivity contribution in [3.63, 3.8) is 0 Å². The number of pyridine rings is 1. The Kier molecular flexibility index (Phi) is 3.60. The highest BCUT2D eigenvalue weighted by atomic mass is 35.5. The van der Waals surface area contributed by atoms with Crippen LogP contribution in [0.25, 0.3) is 0 Å². The van der Waals surface area contributed by atoms with E-state index in [1.165, 1.54) is 19.4 Å². The number of aromatic nitrogens is 1. The summed E-state index contributed by atoms with van der Waals surface area (Å²) in [5, 5.41) is 0.593. The lowest BCUT2D eigenvalue weighted by atomic mass is 10.3. The molecule has 1 heterocycles. The van der Waals surface area contributed by atoms with Crippen LogP contribution in [-0.2, 0) is 6.54 Å². The van der Waals surface area contributed by atoms with Gasteiger partial charge in [-0.15, -0.1) is 0 Å². The largest absolute Gasteiger partial charge is 0.298 e. The summed E-state index contributed by atoms with van der Waals surface area (Å²) in [4.78, 5) is 6.75. The van der Waals surface area contributed by atoms with Crippen molar-refractivity contribution < 1.29 is 0 Å². The van der Waals surface area contributed by atoms with Gasteiger partial charge in [-0.25, -0.2) is 4.98 Å². The predicted molar refractivity (Wildman–Crippen MR) is 62.9 cm³/mol. The molecule has 0 aliphatic heterocycles. The van der Waals surface area contributed by atoms with Crippen LogP contribution in [0.3, 0.4) is 0 Å². The van der Waals surface area contributed by atoms with Crippen LogP contribution in [0, 0.1) is 5.92 Å². The Bertz CT molecular complexity index is 323. The van der Waals surface area contributed by atoms with Crippen LogP contribution >= 0.6 is 11.6 Å². The van der Waals surface area contributed by atoms with E-state index in [2.05, 4.69) is 16.8 Å². The summed E-state index contributed by atoms with van der Waals surface area (Å²) in [6.07, 6.45) is 2.80. The minimum absolute atomic E-state index is 0.593. The number of halogens is 1. The summed E-state index contributed by atoms with van der Waals surface area (Å²) >= 11 is 5.86. The molecule has 2 nitrogen and oxygen atoms in total. The van der Waals surface area contributed by atoms with Crippen LogP contribution in [0.2, 0.25) is 5.15 Å². The number of hydrogen-bond donors (Lipinski definition) is 0. The van der Waals surface area contributed by atoms with Gasteiger partial charge in [0.15, 0.2) is 0 Å². The molecule has 0 saturated heterocycles. The Labute approximate surface area is 96.3 Å². The fourth-order valence-corrected chi connectivity index (χ4v) is 1.92. The summed E-state index contributed by atoms with van der Waals surface area (Å²) < 4.78 is 0. The van der Waals surface area contributed by atoms with E-state index >= 15 is 0 Å². The Morgan fingerprint density at radius 2 is 2.27 bits per heavy atom. The van der Waals surface area contributed by atoms with Gasteiger partial charge in [0.2, 0.25) is 0 Å². The fourth-order valence-electron chi connectivity index (χ4n) is 1.74. The molecule has 0 atom stereocenters. The maximum Gasteiger partial charge on any atom is 0.129 e. The molecule has 1 aromatic rings. The van der Waals surface area contributed by atoms with E-state index in [-0.39, 0.29) is 0 Å². The smallest absolute Gasteiger partial charge is 0.129 e. The molecule has 1 aliphatic carbocycles. The van der Waals surface area contributed by atoms with Crippen molar-refractivity contribution in [3.05, 3.63) is 29.0 Å². The van der Waals surface area contributed by atoms with E-state index in [0.29, 0.717) is 5.15 Å². The lowest BCUT2D eigenvalue weighted by molar-refractivity contribution is 0.265. The highest BCUT2D eigenvalue weighted by Gasteiger charge is 2.23. The summed E-state index contributed by atoms with van der Waals surface area (Å²) in [6.45, 7) is 5.43. The number of nitrogens with zero attached hydrogens (tertiary/aromatic N) is 2. The van der Waals surface area contributed by atoms with Crippen molar-refractivity contribution in [3.8, 4) is 0 Å². The SMILES string of the molecule is CCN(Cc1cccc(Cl)n1)CC1CC1. The second-order valence-corrected chi connectivity index (χ2v) is 4.61. The summed E-state index contributed by atoms with van der Waals surface area (Å²) in [6, 6.07) is 5.83. The van der Waals surface area contributed by atoms with Gasteiger partial charge in [-0.3, -0.25) is 4.90 Å². The van der Waals surface area contributed by atoms with Gasteiger partial charge in [0, 0.05) is 13.1 Å². The van der Waals surface area contributed by atoms with Crippen molar-refractivity contribution in [1.29, 1.82) is 0 Å². The molecular weight excluding hydrogens is 208 g/mol. The zero-order valence-electron chi connectivity index (χ0n) is 9.12. The first kappa shape index (κ1) is 10.9. The maximum atomic E-state index is 5.86. The Morgan fingerprint density at radius 1 is 1.47 bits per heavy atom. The van der Waals surface area contributed by atoms with Crippen molar-refractivity contribution in [1.82, 2.24) is 9.88 Å². The monoisotopic (exact) mass is 224 g/mol. The molecule has 0 amide bonds. The molecule has 1 fully saturated rings. The highest BCUT2D eigenvalue weighted by Crippen LogP contribution is 2.29. The van der Waals surface area contributed by atoms with Crippen molar-refractivity contribution >= 4 is 11.6 Å². The molecule has 15 heavy (non-hydrogen) atoms. The van der Waals surface area contributed by atoms with E-state index in [1.54, 1.807) is 0 Å². The van der Waals surface area contributed by atoms with Gasteiger partial charge in [0.1, 0.15) is 5.15 Å². The topological polar surface area (TPSA) is 16.1 Å². The molecule has 1 aliphatic rings. The van der Waals surface area contributed by atoms with E-state index in [4.69, 9.17) is 11.6 Å². The van der Waals surface area contributed by atoms with E-state index in [1.807, 2.05) is 18.2 Å². The van der Waals surface area contributed by atoms with Gasteiger partial charge in [0.05, 0.1) is 5.69 Å². The Hall–Kier alpha value is -0.600. The summed E-state index contributed by atoms with van der Waals surface area (Å²) in [5.41, 5.74) is 1.07.